The molecule has 0 unspecified atom stereocenters. The fraction of sp³-hybridized carbons (Fsp3) is 0.150. The topological polar surface area (TPSA) is 57.0 Å². The molecule has 2 aromatic carbocycles. The molecule has 0 bridgehead atoms. The smallest absolute Gasteiger partial charge is 0.192 e. The molecule has 0 saturated heterocycles. The van der Waals surface area contributed by atoms with Gasteiger partial charge in [0.15, 0.2) is 28.3 Å². The summed E-state index contributed by atoms with van der Waals surface area (Å²) in [5.41, 5.74) is 0.463. The van der Waals surface area contributed by atoms with Crippen molar-refractivity contribution in [2.45, 2.75) is 18.3 Å². The van der Waals surface area contributed by atoms with E-state index in [1.165, 1.54) is 30.0 Å². The lowest BCUT2D eigenvalue weighted by atomic mass is 10.1. The van der Waals surface area contributed by atoms with E-state index >= 15 is 0 Å². The van der Waals surface area contributed by atoms with Crippen LogP contribution in [0.15, 0.2) is 60.3 Å². The molecule has 0 saturated carbocycles. The first-order valence-electron chi connectivity index (χ1n) is 8.51. The van der Waals surface area contributed by atoms with E-state index in [9.17, 15) is 9.18 Å². The van der Waals surface area contributed by atoms with E-state index in [1.54, 1.807) is 34.9 Å². The minimum absolute atomic E-state index is 0.0308. The Morgan fingerprint density at radius 1 is 1.21 bits per heavy atom. The van der Waals surface area contributed by atoms with Crippen molar-refractivity contribution in [2.75, 3.05) is 5.75 Å². The molecule has 29 heavy (non-hydrogen) atoms. The zero-order valence-corrected chi connectivity index (χ0v) is 17.5. The summed E-state index contributed by atoms with van der Waals surface area (Å²) in [5, 5.41) is 9.47. The Morgan fingerprint density at radius 3 is 2.72 bits per heavy atom. The third-order valence-electron chi connectivity index (χ3n) is 3.87. The Labute approximate surface area is 181 Å². The average Bonchev–Trinajstić information content (AvgIpc) is 3.09. The number of carbonyl (C=O) groups excluding carboxylic acids is 1. The van der Waals surface area contributed by atoms with Crippen LogP contribution < -0.4 is 4.74 Å². The van der Waals surface area contributed by atoms with Crippen LogP contribution in [0, 0.1) is 5.82 Å². The summed E-state index contributed by atoms with van der Waals surface area (Å²) in [6.45, 7) is 4.18. The van der Waals surface area contributed by atoms with Crippen molar-refractivity contribution in [3.63, 3.8) is 0 Å². The number of para-hydroxylation sites is 1. The van der Waals surface area contributed by atoms with Crippen molar-refractivity contribution in [3.8, 4) is 5.75 Å². The largest absolute Gasteiger partial charge is 0.483 e. The molecule has 0 aliphatic heterocycles. The second-order valence-corrected chi connectivity index (χ2v) is 7.61. The number of halogens is 3. The predicted molar refractivity (Wildman–Crippen MR) is 112 cm³/mol. The van der Waals surface area contributed by atoms with Gasteiger partial charge in [0.1, 0.15) is 6.61 Å². The van der Waals surface area contributed by atoms with E-state index in [0.717, 1.165) is 0 Å². The Morgan fingerprint density at radius 2 is 2.00 bits per heavy atom. The second-order valence-electron chi connectivity index (χ2n) is 5.86. The number of ketones is 1. The number of hydrogen-bond donors (Lipinski definition) is 0. The van der Waals surface area contributed by atoms with Crippen LogP contribution in [0.3, 0.4) is 0 Å². The Bertz CT molecular complexity index is 1040. The number of rotatable bonds is 9. The molecule has 1 aromatic heterocycles. The van der Waals surface area contributed by atoms with Gasteiger partial charge < -0.3 is 4.74 Å². The summed E-state index contributed by atoms with van der Waals surface area (Å²) in [5.74, 6) is 0.193. The van der Waals surface area contributed by atoms with Crippen LogP contribution in [-0.2, 0) is 13.2 Å². The van der Waals surface area contributed by atoms with E-state index < -0.39 is 5.82 Å². The molecular weight excluding hydrogens is 436 g/mol. The number of hydrogen-bond acceptors (Lipinski definition) is 5. The number of nitrogens with zero attached hydrogens (tertiary/aromatic N) is 3. The zero-order chi connectivity index (χ0) is 20.8. The number of aromatic nitrogens is 3. The maximum absolute atomic E-state index is 13.7. The van der Waals surface area contributed by atoms with Gasteiger partial charge in [0.05, 0.1) is 15.8 Å². The molecule has 0 fully saturated rings. The lowest BCUT2D eigenvalue weighted by molar-refractivity contribution is 0.102. The highest BCUT2D eigenvalue weighted by molar-refractivity contribution is 7.99. The van der Waals surface area contributed by atoms with Crippen molar-refractivity contribution < 1.29 is 13.9 Å². The number of allylic oxidation sites excluding steroid dienone is 1. The third kappa shape index (κ3) is 5.38. The van der Waals surface area contributed by atoms with Gasteiger partial charge in [-0.15, -0.1) is 16.8 Å². The van der Waals surface area contributed by atoms with Crippen molar-refractivity contribution in [1.29, 1.82) is 0 Å². The Balaban J connectivity index is 1.69. The normalized spacial score (nSPS) is 10.7. The molecule has 0 aliphatic rings. The fourth-order valence-corrected chi connectivity index (χ4v) is 3.59. The maximum atomic E-state index is 13.7. The van der Waals surface area contributed by atoms with Crippen molar-refractivity contribution in [2.24, 2.45) is 0 Å². The van der Waals surface area contributed by atoms with Gasteiger partial charge in [0.2, 0.25) is 0 Å². The number of Topliss-reactive ketones (excluding diaryl/α,β-unsaturated/α-hetero) is 1. The van der Waals surface area contributed by atoms with E-state index in [4.69, 9.17) is 27.9 Å². The predicted octanol–water partition coefficient (Wildman–Crippen LogP) is 5.46. The van der Waals surface area contributed by atoms with Crippen LogP contribution in [0.5, 0.6) is 5.75 Å². The number of thioether (sulfide) groups is 1. The van der Waals surface area contributed by atoms with Crippen LogP contribution in [-0.4, -0.2) is 26.3 Å². The van der Waals surface area contributed by atoms with E-state index in [-0.39, 0.29) is 23.9 Å². The average molecular weight is 452 g/mol. The molecule has 0 N–H and O–H groups in total. The van der Waals surface area contributed by atoms with Crippen LogP contribution in [0.1, 0.15) is 16.2 Å². The van der Waals surface area contributed by atoms with Crippen LogP contribution in [0.4, 0.5) is 4.39 Å². The Kier molecular flexibility index (Phi) is 7.30. The molecule has 3 rings (SSSR count). The van der Waals surface area contributed by atoms with Gasteiger partial charge in [-0.05, 0) is 30.3 Å². The second kappa shape index (κ2) is 9.91. The van der Waals surface area contributed by atoms with Crippen molar-refractivity contribution >= 4 is 40.7 Å². The first kappa shape index (κ1) is 21.4. The van der Waals surface area contributed by atoms with E-state index in [0.29, 0.717) is 33.1 Å². The van der Waals surface area contributed by atoms with Crippen LogP contribution >= 0.6 is 35.0 Å². The molecule has 0 amide bonds. The first-order chi connectivity index (χ1) is 14.0. The molecule has 150 valence electrons. The summed E-state index contributed by atoms with van der Waals surface area (Å²) in [6, 6.07) is 10.9. The van der Waals surface area contributed by atoms with E-state index in [2.05, 4.69) is 16.8 Å². The standard InChI is InChI=1S/C20H16Cl2FN3O2S/c1-2-9-26-19(11-28-18-6-4-3-5-16(18)23)24-25-20(26)29-12-17(27)13-7-8-14(21)15(22)10-13/h2-8,10H,1,9,11-12H2. The van der Waals surface area contributed by atoms with Gasteiger partial charge in [-0.2, -0.15) is 0 Å². The highest BCUT2D eigenvalue weighted by Crippen LogP contribution is 2.25. The number of benzene rings is 2. The molecular formula is C20H16Cl2FN3O2S. The lowest BCUT2D eigenvalue weighted by Crippen LogP contribution is -2.09. The summed E-state index contributed by atoms with van der Waals surface area (Å²) in [6.07, 6.45) is 1.68. The molecule has 0 radical (unpaired) electrons. The van der Waals surface area contributed by atoms with Gasteiger partial charge in [0, 0.05) is 12.1 Å². The summed E-state index contributed by atoms with van der Waals surface area (Å²) in [7, 11) is 0. The molecule has 0 spiro atoms. The highest BCUT2D eigenvalue weighted by atomic mass is 35.5. The van der Waals surface area contributed by atoms with Gasteiger partial charge in [-0.3, -0.25) is 9.36 Å². The first-order valence-corrected chi connectivity index (χ1v) is 10.2. The monoisotopic (exact) mass is 451 g/mol. The van der Waals surface area contributed by atoms with Gasteiger partial charge >= 0.3 is 0 Å². The minimum atomic E-state index is -0.455. The summed E-state index contributed by atoms with van der Waals surface area (Å²) < 4.78 is 21.0. The minimum Gasteiger partial charge on any atom is -0.483 e. The van der Waals surface area contributed by atoms with Gasteiger partial charge in [0.25, 0.3) is 0 Å². The lowest BCUT2D eigenvalue weighted by Gasteiger charge is -2.09. The molecule has 1 heterocycles. The zero-order valence-electron chi connectivity index (χ0n) is 15.1. The summed E-state index contributed by atoms with van der Waals surface area (Å²) in [4.78, 5) is 12.4. The van der Waals surface area contributed by atoms with Crippen molar-refractivity contribution in [3.05, 3.63) is 82.4 Å². The Hall–Kier alpha value is -2.35. The molecule has 9 heteroatoms. The molecule has 5 nitrogen and oxygen atoms in total. The maximum Gasteiger partial charge on any atom is 0.192 e. The van der Waals surface area contributed by atoms with Crippen LogP contribution in [0.25, 0.3) is 0 Å². The van der Waals surface area contributed by atoms with Gasteiger partial charge in [-0.25, -0.2) is 4.39 Å². The van der Waals surface area contributed by atoms with E-state index in [1.807, 2.05) is 0 Å². The number of ether oxygens (including phenoxy) is 1. The highest BCUT2D eigenvalue weighted by Gasteiger charge is 2.16. The number of carbonyl (C=O) groups is 1. The molecule has 3 aromatic rings. The molecule has 0 aliphatic carbocycles. The quantitative estimate of drug-likeness (QED) is 0.245. The summed E-state index contributed by atoms with van der Waals surface area (Å²) >= 11 is 13.1. The van der Waals surface area contributed by atoms with Crippen molar-refractivity contribution in [1.82, 2.24) is 14.8 Å². The van der Waals surface area contributed by atoms with Gasteiger partial charge in [-0.1, -0.05) is 53.2 Å². The fourth-order valence-electron chi connectivity index (χ4n) is 2.43. The SMILES string of the molecule is C=CCn1c(COc2ccccc2F)nnc1SCC(=O)c1ccc(Cl)c(Cl)c1. The third-order valence-corrected chi connectivity index (χ3v) is 5.58. The molecule has 0 atom stereocenters. The van der Waals surface area contributed by atoms with Crippen LogP contribution in [0.2, 0.25) is 10.0 Å².